The molecule has 0 amide bonds. The van der Waals surface area contributed by atoms with Crippen molar-refractivity contribution in [3.05, 3.63) is 96.1 Å². The van der Waals surface area contributed by atoms with Gasteiger partial charge in [-0.15, -0.1) is 0 Å². The van der Waals surface area contributed by atoms with Crippen LogP contribution >= 0.6 is 0 Å². The van der Waals surface area contributed by atoms with E-state index in [9.17, 15) is 21.6 Å². The summed E-state index contributed by atoms with van der Waals surface area (Å²) in [6.45, 7) is 5.92. The van der Waals surface area contributed by atoms with Crippen LogP contribution in [0.4, 0.5) is 5.69 Å². The maximum Gasteiger partial charge on any atom is 0.337 e. The average molecular weight is 513 g/mol. The third-order valence-electron chi connectivity index (χ3n) is 5.89. The Balaban J connectivity index is 1.92. The first-order valence-electron chi connectivity index (χ1n) is 10.6. The van der Waals surface area contributed by atoms with E-state index in [0.29, 0.717) is 11.1 Å². The summed E-state index contributed by atoms with van der Waals surface area (Å²) in [6.07, 6.45) is -1.29. The lowest BCUT2D eigenvalue weighted by Gasteiger charge is -2.43. The minimum absolute atomic E-state index is 0.0180. The number of benzene rings is 3. The van der Waals surface area contributed by atoms with Crippen LogP contribution in [0.5, 0.6) is 0 Å². The Labute approximate surface area is 205 Å². The van der Waals surface area contributed by atoms with Crippen molar-refractivity contribution in [3.63, 3.8) is 0 Å². The van der Waals surface area contributed by atoms with Crippen molar-refractivity contribution < 1.29 is 26.4 Å². The number of aryl methyl sites for hydroxylation is 1. The van der Waals surface area contributed by atoms with Gasteiger partial charge in [-0.1, -0.05) is 48.5 Å². The number of hydrogen-bond acceptors (Lipinski definition) is 6. The molecule has 3 aromatic rings. The number of carbonyl (C=O) groups is 1. The van der Waals surface area contributed by atoms with Crippen LogP contribution in [-0.4, -0.2) is 47.4 Å². The molecule has 3 aromatic carbocycles. The van der Waals surface area contributed by atoms with E-state index < -0.39 is 32.2 Å². The van der Waals surface area contributed by atoms with Crippen LogP contribution in [0.1, 0.15) is 21.5 Å². The van der Waals surface area contributed by atoms with Gasteiger partial charge in [0, 0.05) is 7.05 Å². The zero-order valence-corrected chi connectivity index (χ0v) is 21.0. The largest absolute Gasteiger partial charge is 0.465 e. The predicted octanol–water partition coefficient (Wildman–Crippen LogP) is 3.65. The standard InChI is InChI=1S/C25H24N2O6S2/c1-17-9-15-21(16-10-17)34(29,30)27-22-7-5-6-8-23(22)35(31,32)26(3)24(27)18(2)19-11-13-20(14-12-19)25(28)33-4/h5-16,24H,2H2,1,3-4H3/t24-/m0/s1. The molecule has 0 N–H and O–H groups in total. The molecule has 10 heteroatoms. The summed E-state index contributed by atoms with van der Waals surface area (Å²) in [4.78, 5) is 11.7. The van der Waals surface area contributed by atoms with Crippen molar-refractivity contribution in [1.82, 2.24) is 4.31 Å². The van der Waals surface area contributed by atoms with E-state index in [1.54, 1.807) is 36.4 Å². The number of sulfonamides is 2. The zero-order chi connectivity index (χ0) is 25.5. The molecule has 0 bridgehead atoms. The molecule has 0 fully saturated rings. The van der Waals surface area contributed by atoms with E-state index in [4.69, 9.17) is 4.74 Å². The van der Waals surface area contributed by atoms with Crippen molar-refractivity contribution in [3.8, 4) is 0 Å². The number of likely N-dealkylation sites (N-methyl/N-ethyl adjacent to an activating group) is 1. The second-order valence-corrected chi connectivity index (χ2v) is 11.9. The van der Waals surface area contributed by atoms with Gasteiger partial charge in [0.15, 0.2) is 0 Å². The van der Waals surface area contributed by atoms with E-state index in [1.807, 2.05) is 6.92 Å². The first-order valence-corrected chi connectivity index (χ1v) is 13.4. The van der Waals surface area contributed by atoms with Crippen molar-refractivity contribution >= 4 is 37.3 Å². The Hall–Kier alpha value is -3.47. The van der Waals surface area contributed by atoms with E-state index in [2.05, 4.69) is 6.58 Å². The SMILES string of the molecule is C=C(c1ccc(C(=O)OC)cc1)[C@H]1N(C)S(=O)(=O)c2ccccc2N1S(=O)(=O)c1ccc(C)cc1. The van der Waals surface area contributed by atoms with Crippen LogP contribution in [0.15, 0.2) is 89.2 Å². The number of hydrogen-bond donors (Lipinski definition) is 0. The predicted molar refractivity (Wildman–Crippen MR) is 133 cm³/mol. The molecule has 0 aliphatic carbocycles. The Bertz CT molecular complexity index is 1510. The highest BCUT2D eigenvalue weighted by molar-refractivity contribution is 7.93. The highest BCUT2D eigenvalue weighted by Crippen LogP contribution is 2.42. The van der Waals surface area contributed by atoms with Crippen molar-refractivity contribution in [2.75, 3.05) is 18.5 Å². The molecule has 0 saturated carbocycles. The summed E-state index contributed by atoms with van der Waals surface area (Å²) in [6, 6.07) is 18.5. The van der Waals surface area contributed by atoms with Crippen LogP contribution in [0.2, 0.25) is 0 Å². The lowest BCUT2D eigenvalue weighted by molar-refractivity contribution is 0.0600. The number of esters is 1. The molecule has 1 heterocycles. The molecule has 0 radical (unpaired) electrons. The third-order valence-corrected chi connectivity index (χ3v) is 9.53. The van der Waals surface area contributed by atoms with Crippen LogP contribution in [-0.2, 0) is 24.8 Å². The average Bonchev–Trinajstić information content (AvgIpc) is 2.85. The maximum atomic E-state index is 13.9. The lowest BCUT2D eigenvalue weighted by Crippen LogP contribution is -2.55. The second kappa shape index (κ2) is 8.95. The highest BCUT2D eigenvalue weighted by Gasteiger charge is 2.47. The Morgan fingerprint density at radius 1 is 0.943 bits per heavy atom. The summed E-state index contributed by atoms with van der Waals surface area (Å²) in [7, 11) is -5.66. The summed E-state index contributed by atoms with van der Waals surface area (Å²) < 4.78 is 61.5. The van der Waals surface area contributed by atoms with Gasteiger partial charge in [0.1, 0.15) is 11.1 Å². The quantitative estimate of drug-likeness (QED) is 0.484. The van der Waals surface area contributed by atoms with Gasteiger partial charge in [-0.25, -0.2) is 25.9 Å². The molecule has 0 aromatic heterocycles. The number of carbonyl (C=O) groups excluding carboxylic acids is 1. The maximum absolute atomic E-state index is 13.9. The minimum Gasteiger partial charge on any atom is -0.465 e. The molecule has 35 heavy (non-hydrogen) atoms. The zero-order valence-electron chi connectivity index (χ0n) is 19.4. The number of methoxy groups -OCH3 is 1. The minimum atomic E-state index is -4.21. The highest BCUT2D eigenvalue weighted by atomic mass is 32.2. The molecule has 0 unspecified atom stereocenters. The fourth-order valence-corrected chi connectivity index (χ4v) is 7.21. The van der Waals surface area contributed by atoms with Gasteiger partial charge in [0.2, 0.25) is 10.0 Å². The molecule has 4 rings (SSSR count). The number of ether oxygens (including phenoxy) is 1. The van der Waals surface area contributed by atoms with Crippen LogP contribution in [0.25, 0.3) is 5.57 Å². The third kappa shape index (κ3) is 4.13. The Kier molecular flexibility index (Phi) is 6.31. The second-order valence-electron chi connectivity index (χ2n) is 8.07. The summed E-state index contributed by atoms with van der Waals surface area (Å²) in [5.41, 5.74) is 1.90. The fourth-order valence-electron chi connectivity index (χ4n) is 3.96. The number of anilines is 1. The molecule has 1 atom stereocenters. The molecule has 1 aliphatic rings. The van der Waals surface area contributed by atoms with Crippen molar-refractivity contribution in [2.24, 2.45) is 0 Å². The smallest absolute Gasteiger partial charge is 0.337 e. The summed E-state index contributed by atoms with van der Waals surface area (Å²) >= 11 is 0. The molecule has 182 valence electrons. The summed E-state index contributed by atoms with van der Waals surface area (Å²) in [5.74, 6) is -0.531. The lowest BCUT2D eigenvalue weighted by atomic mass is 10.0. The van der Waals surface area contributed by atoms with Gasteiger partial charge >= 0.3 is 5.97 Å². The first kappa shape index (κ1) is 24.6. The van der Waals surface area contributed by atoms with Crippen LogP contribution < -0.4 is 4.31 Å². The fraction of sp³-hybridized carbons (Fsp3) is 0.160. The van der Waals surface area contributed by atoms with E-state index in [1.165, 1.54) is 50.6 Å². The van der Waals surface area contributed by atoms with Gasteiger partial charge in [-0.2, -0.15) is 4.31 Å². The number of rotatable bonds is 5. The van der Waals surface area contributed by atoms with E-state index >= 15 is 0 Å². The number of fused-ring (bicyclic) bond motifs is 1. The number of para-hydroxylation sites is 1. The number of nitrogens with zero attached hydrogens (tertiary/aromatic N) is 2. The van der Waals surface area contributed by atoms with Crippen molar-refractivity contribution in [2.45, 2.75) is 22.9 Å². The molecule has 0 spiro atoms. The van der Waals surface area contributed by atoms with Gasteiger partial charge in [-0.3, -0.25) is 0 Å². The van der Waals surface area contributed by atoms with Crippen LogP contribution in [0, 0.1) is 6.92 Å². The molecule has 1 aliphatic heterocycles. The van der Waals surface area contributed by atoms with E-state index in [-0.39, 0.29) is 21.1 Å². The van der Waals surface area contributed by atoms with Crippen molar-refractivity contribution in [1.29, 1.82) is 0 Å². The molecule has 0 saturated heterocycles. The Morgan fingerprint density at radius 3 is 2.11 bits per heavy atom. The summed E-state index contributed by atoms with van der Waals surface area (Å²) in [5, 5.41) is 0. The molecular weight excluding hydrogens is 488 g/mol. The van der Waals surface area contributed by atoms with Gasteiger partial charge in [0.05, 0.1) is 23.3 Å². The van der Waals surface area contributed by atoms with Gasteiger partial charge < -0.3 is 4.74 Å². The monoisotopic (exact) mass is 512 g/mol. The Morgan fingerprint density at radius 2 is 1.51 bits per heavy atom. The normalized spacial score (nSPS) is 17.5. The topological polar surface area (TPSA) is 101 Å². The first-order chi connectivity index (χ1) is 16.5. The van der Waals surface area contributed by atoms with E-state index in [0.717, 1.165) is 14.2 Å². The molecule has 8 nitrogen and oxygen atoms in total. The molecular formula is C25H24N2O6S2. The van der Waals surface area contributed by atoms with Gasteiger partial charge in [0.25, 0.3) is 10.0 Å². The van der Waals surface area contributed by atoms with Gasteiger partial charge in [-0.05, 0) is 54.5 Å². The van der Waals surface area contributed by atoms with Crippen LogP contribution in [0.3, 0.4) is 0 Å².